The zero-order valence-electron chi connectivity index (χ0n) is 10.9. The third-order valence-electron chi connectivity index (χ3n) is 3.09. The lowest BCUT2D eigenvalue weighted by molar-refractivity contribution is 0.698. The van der Waals surface area contributed by atoms with E-state index in [1.54, 1.807) is 0 Å². The predicted octanol–water partition coefficient (Wildman–Crippen LogP) is 2.42. The Morgan fingerprint density at radius 3 is 2.41 bits per heavy atom. The van der Waals surface area contributed by atoms with Gasteiger partial charge in [-0.15, -0.1) is 0 Å². The molecule has 0 saturated carbocycles. The Morgan fingerprint density at radius 1 is 1.18 bits per heavy atom. The van der Waals surface area contributed by atoms with Gasteiger partial charge in [0.05, 0.1) is 5.69 Å². The number of nitrogens with zero attached hydrogens (tertiary/aromatic N) is 2. The number of nitrogens with one attached hydrogen (secondary N) is 1. The highest BCUT2D eigenvalue weighted by atomic mass is 15.3. The molecular formula is C14H19N3. The van der Waals surface area contributed by atoms with Gasteiger partial charge in [-0.2, -0.15) is 5.10 Å². The highest BCUT2D eigenvalue weighted by molar-refractivity contribution is 5.68. The summed E-state index contributed by atoms with van der Waals surface area (Å²) in [6, 6.07) is 8.62. The molecule has 3 heteroatoms. The van der Waals surface area contributed by atoms with E-state index in [0.29, 0.717) is 0 Å². The molecule has 0 atom stereocenters. The van der Waals surface area contributed by atoms with E-state index in [9.17, 15) is 0 Å². The molecular weight excluding hydrogens is 210 g/mol. The third-order valence-corrected chi connectivity index (χ3v) is 3.09. The molecule has 0 aliphatic rings. The maximum absolute atomic E-state index is 4.55. The summed E-state index contributed by atoms with van der Waals surface area (Å²) in [6.45, 7) is 5.01. The van der Waals surface area contributed by atoms with Gasteiger partial charge < -0.3 is 5.32 Å². The number of hydrogen-bond donors (Lipinski definition) is 1. The summed E-state index contributed by atoms with van der Waals surface area (Å²) in [6.07, 6.45) is 0. The van der Waals surface area contributed by atoms with E-state index in [2.05, 4.69) is 48.5 Å². The molecule has 17 heavy (non-hydrogen) atoms. The summed E-state index contributed by atoms with van der Waals surface area (Å²) in [5, 5.41) is 7.72. The molecule has 0 unspecified atom stereocenters. The Labute approximate surface area is 102 Å². The van der Waals surface area contributed by atoms with Crippen molar-refractivity contribution >= 4 is 0 Å². The molecule has 0 aliphatic carbocycles. The van der Waals surface area contributed by atoms with Crippen LogP contribution < -0.4 is 5.32 Å². The molecule has 1 aromatic heterocycles. The van der Waals surface area contributed by atoms with Crippen molar-refractivity contribution in [3.63, 3.8) is 0 Å². The molecule has 3 nitrogen and oxygen atoms in total. The average Bonchev–Trinajstić information content (AvgIpc) is 2.57. The van der Waals surface area contributed by atoms with E-state index >= 15 is 0 Å². The standard InChI is InChI=1S/C14H19N3/c1-10-5-7-12(8-6-10)14-11(2)17(4)16-13(14)9-15-3/h5-8,15H,9H2,1-4H3. The molecule has 2 aromatic rings. The molecule has 0 bridgehead atoms. The molecule has 0 amide bonds. The normalized spacial score (nSPS) is 10.8. The van der Waals surface area contributed by atoms with Gasteiger partial charge in [0.15, 0.2) is 0 Å². The van der Waals surface area contributed by atoms with Crippen LogP contribution in [0.5, 0.6) is 0 Å². The van der Waals surface area contributed by atoms with Crippen LogP contribution in [0.2, 0.25) is 0 Å². The Kier molecular flexibility index (Phi) is 3.29. The third kappa shape index (κ3) is 2.24. The van der Waals surface area contributed by atoms with Crippen LogP contribution in [0.4, 0.5) is 0 Å². The molecule has 0 spiro atoms. The lowest BCUT2D eigenvalue weighted by Gasteiger charge is -2.04. The van der Waals surface area contributed by atoms with Gasteiger partial charge in [0.2, 0.25) is 0 Å². The highest BCUT2D eigenvalue weighted by Crippen LogP contribution is 2.27. The van der Waals surface area contributed by atoms with E-state index < -0.39 is 0 Å². The van der Waals surface area contributed by atoms with Crippen LogP contribution in [0.15, 0.2) is 24.3 Å². The lowest BCUT2D eigenvalue weighted by atomic mass is 10.0. The average molecular weight is 229 g/mol. The molecule has 1 N–H and O–H groups in total. The van der Waals surface area contributed by atoms with Crippen molar-refractivity contribution in [3.8, 4) is 11.1 Å². The largest absolute Gasteiger partial charge is 0.314 e. The summed E-state index contributed by atoms with van der Waals surface area (Å²) in [4.78, 5) is 0. The monoisotopic (exact) mass is 229 g/mol. The summed E-state index contributed by atoms with van der Waals surface area (Å²) in [5.74, 6) is 0. The Morgan fingerprint density at radius 2 is 1.82 bits per heavy atom. The number of benzene rings is 1. The van der Waals surface area contributed by atoms with Gasteiger partial charge in [-0.3, -0.25) is 4.68 Å². The highest BCUT2D eigenvalue weighted by Gasteiger charge is 2.13. The topological polar surface area (TPSA) is 29.9 Å². The van der Waals surface area contributed by atoms with Gasteiger partial charge in [0, 0.05) is 24.8 Å². The van der Waals surface area contributed by atoms with Gasteiger partial charge in [0.1, 0.15) is 0 Å². The van der Waals surface area contributed by atoms with Gasteiger partial charge in [-0.05, 0) is 26.5 Å². The van der Waals surface area contributed by atoms with Crippen molar-refractivity contribution in [1.82, 2.24) is 15.1 Å². The Bertz CT molecular complexity index is 509. The zero-order valence-corrected chi connectivity index (χ0v) is 10.9. The van der Waals surface area contributed by atoms with Crippen LogP contribution in [0.25, 0.3) is 11.1 Å². The van der Waals surface area contributed by atoms with E-state index in [4.69, 9.17) is 0 Å². The molecule has 0 fully saturated rings. The van der Waals surface area contributed by atoms with Gasteiger partial charge >= 0.3 is 0 Å². The van der Waals surface area contributed by atoms with Gasteiger partial charge in [0.25, 0.3) is 0 Å². The van der Waals surface area contributed by atoms with Crippen LogP contribution in [0.1, 0.15) is 17.0 Å². The van der Waals surface area contributed by atoms with Crippen LogP contribution in [-0.2, 0) is 13.6 Å². The minimum atomic E-state index is 0.797. The lowest BCUT2D eigenvalue weighted by Crippen LogP contribution is -2.07. The second-order valence-corrected chi connectivity index (χ2v) is 4.43. The second kappa shape index (κ2) is 4.72. The number of hydrogen-bond acceptors (Lipinski definition) is 2. The van der Waals surface area contributed by atoms with Crippen LogP contribution in [-0.4, -0.2) is 16.8 Å². The Hall–Kier alpha value is -1.61. The second-order valence-electron chi connectivity index (χ2n) is 4.43. The molecule has 0 saturated heterocycles. The van der Waals surface area contributed by atoms with Crippen LogP contribution in [0, 0.1) is 13.8 Å². The summed E-state index contributed by atoms with van der Waals surface area (Å²) in [5.41, 5.74) is 6.09. The van der Waals surface area contributed by atoms with Crippen LogP contribution in [0.3, 0.4) is 0 Å². The number of rotatable bonds is 3. The molecule has 0 radical (unpaired) electrons. The fourth-order valence-electron chi connectivity index (χ4n) is 2.06. The minimum Gasteiger partial charge on any atom is -0.314 e. The smallest absolute Gasteiger partial charge is 0.0843 e. The number of aromatic nitrogens is 2. The van der Waals surface area contributed by atoms with Crippen molar-refractivity contribution in [1.29, 1.82) is 0 Å². The summed E-state index contributed by atoms with van der Waals surface area (Å²) in [7, 11) is 3.94. The van der Waals surface area contributed by atoms with Crippen molar-refractivity contribution in [3.05, 3.63) is 41.2 Å². The van der Waals surface area contributed by atoms with E-state index in [0.717, 1.165) is 12.2 Å². The SMILES string of the molecule is CNCc1nn(C)c(C)c1-c1ccc(C)cc1. The van der Waals surface area contributed by atoms with Gasteiger partial charge in [-0.25, -0.2) is 0 Å². The summed E-state index contributed by atoms with van der Waals surface area (Å²) >= 11 is 0. The summed E-state index contributed by atoms with van der Waals surface area (Å²) < 4.78 is 1.95. The van der Waals surface area contributed by atoms with E-state index in [1.807, 2.05) is 18.8 Å². The molecule has 2 rings (SSSR count). The maximum Gasteiger partial charge on any atom is 0.0843 e. The molecule has 90 valence electrons. The number of aryl methyl sites for hydroxylation is 2. The molecule has 1 aromatic carbocycles. The quantitative estimate of drug-likeness (QED) is 0.876. The minimum absolute atomic E-state index is 0.797. The first-order valence-electron chi connectivity index (χ1n) is 5.87. The van der Waals surface area contributed by atoms with Crippen molar-refractivity contribution in [2.75, 3.05) is 7.05 Å². The maximum atomic E-state index is 4.55. The fraction of sp³-hybridized carbons (Fsp3) is 0.357. The van der Waals surface area contributed by atoms with E-state index in [1.165, 1.54) is 22.4 Å². The Balaban J connectivity index is 2.53. The first-order chi connectivity index (χ1) is 8.13. The van der Waals surface area contributed by atoms with Crippen molar-refractivity contribution in [2.45, 2.75) is 20.4 Å². The van der Waals surface area contributed by atoms with Crippen LogP contribution >= 0.6 is 0 Å². The van der Waals surface area contributed by atoms with Crippen molar-refractivity contribution < 1.29 is 0 Å². The first-order valence-corrected chi connectivity index (χ1v) is 5.87. The van der Waals surface area contributed by atoms with E-state index in [-0.39, 0.29) is 0 Å². The molecule has 1 heterocycles. The van der Waals surface area contributed by atoms with Gasteiger partial charge in [-0.1, -0.05) is 29.8 Å². The zero-order chi connectivity index (χ0) is 12.4. The van der Waals surface area contributed by atoms with Crippen molar-refractivity contribution in [2.24, 2.45) is 7.05 Å². The first kappa shape index (κ1) is 11.9. The fourth-order valence-corrected chi connectivity index (χ4v) is 2.06. The predicted molar refractivity (Wildman–Crippen MR) is 70.9 cm³/mol. The molecule has 0 aliphatic heterocycles.